The first-order chi connectivity index (χ1) is 19.5. The number of aryl methyl sites for hydroxylation is 2. The van der Waals surface area contributed by atoms with Crippen LogP contribution in [0.5, 0.6) is 0 Å². The summed E-state index contributed by atoms with van der Waals surface area (Å²) in [5, 5.41) is 4.66. The van der Waals surface area contributed by atoms with Crippen molar-refractivity contribution in [3.8, 4) is 0 Å². The van der Waals surface area contributed by atoms with Crippen LogP contribution in [0, 0.1) is 33.4 Å². The van der Waals surface area contributed by atoms with Crippen LogP contribution in [-0.4, -0.2) is 4.89 Å². The summed E-state index contributed by atoms with van der Waals surface area (Å²) in [6, 6.07) is 36.9. The van der Waals surface area contributed by atoms with Crippen LogP contribution < -0.4 is 21.2 Å². The maximum Gasteiger partial charge on any atom is 3.00 e. The van der Waals surface area contributed by atoms with E-state index in [0.29, 0.717) is 0 Å². The maximum atomic E-state index is 10.1. The van der Waals surface area contributed by atoms with Crippen molar-refractivity contribution >= 4 is 37.3 Å². The van der Waals surface area contributed by atoms with Crippen LogP contribution in [0.25, 0.3) is 0 Å². The van der Waals surface area contributed by atoms with Crippen LogP contribution in [0.1, 0.15) is 62.5 Å². The summed E-state index contributed by atoms with van der Waals surface area (Å²) in [5.41, 5.74) is 2.60. The van der Waals surface area contributed by atoms with Gasteiger partial charge < -0.3 is 24.4 Å². The number of benzene rings is 4. The van der Waals surface area contributed by atoms with Gasteiger partial charge in [0.25, 0.3) is 0 Å². The van der Waals surface area contributed by atoms with Crippen LogP contribution in [-0.2, 0) is 21.7 Å². The van der Waals surface area contributed by atoms with Crippen LogP contribution >= 0.6 is 16.1 Å². The first kappa shape index (κ1) is 35.6. The molecule has 2 aliphatic carbocycles. The van der Waals surface area contributed by atoms with Gasteiger partial charge in [-0.25, -0.2) is 7.92 Å². The number of rotatable bonds is 4. The molecule has 0 atom stereocenters. The molecule has 0 unspecified atom stereocenters. The van der Waals surface area contributed by atoms with E-state index in [1.807, 2.05) is 60.7 Å². The third kappa shape index (κ3) is 14.0. The van der Waals surface area contributed by atoms with E-state index in [0.717, 1.165) is 10.6 Å². The fraction of sp³-hybridized carbons (Fsp3) is 0.270. The summed E-state index contributed by atoms with van der Waals surface area (Å²) < 4.78 is 0. The quantitative estimate of drug-likeness (QED) is 0.138. The van der Waals surface area contributed by atoms with Gasteiger partial charge in [0.05, 0.1) is 8.15 Å². The van der Waals surface area contributed by atoms with E-state index in [2.05, 4.69) is 81.9 Å². The predicted octanol–water partition coefficient (Wildman–Crippen LogP) is 9.08. The van der Waals surface area contributed by atoms with Crippen LogP contribution in [0.3, 0.4) is 0 Å². The fourth-order valence-corrected chi connectivity index (χ4v) is 6.85. The molecule has 0 saturated heterocycles. The smallest absolute Gasteiger partial charge is 0.364 e. The molecule has 2 aliphatic rings. The molecule has 1 nitrogen and oxygen atoms in total. The summed E-state index contributed by atoms with van der Waals surface area (Å²) >= 11 is 0. The molecule has 2 fully saturated rings. The van der Waals surface area contributed by atoms with Gasteiger partial charge in [-0.3, -0.25) is 0 Å². The van der Waals surface area contributed by atoms with Crippen LogP contribution in [0.4, 0.5) is 0 Å². The van der Waals surface area contributed by atoms with Gasteiger partial charge in [-0.1, -0.05) is 157 Å². The molecule has 1 N–H and O–H groups in total. The molecular weight excluding hydrogens is 570 g/mol. The van der Waals surface area contributed by atoms with Crippen molar-refractivity contribution in [3.05, 3.63) is 140 Å². The molecule has 0 aromatic heterocycles. The van der Waals surface area contributed by atoms with E-state index in [4.69, 9.17) is 0 Å². The summed E-state index contributed by atoms with van der Waals surface area (Å²) in [4.78, 5) is 10.1. The maximum absolute atomic E-state index is 10.1. The van der Waals surface area contributed by atoms with E-state index in [1.54, 1.807) is 0 Å². The van der Waals surface area contributed by atoms with Crippen LogP contribution in [0.15, 0.2) is 109 Å². The molecule has 2 saturated carbocycles. The Morgan fingerprint density at radius 1 is 0.512 bits per heavy atom. The van der Waals surface area contributed by atoms with Gasteiger partial charge in [-0.15, -0.1) is 0 Å². The van der Waals surface area contributed by atoms with E-state index in [9.17, 15) is 4.89 Å². The van der Waals surface area contributed by atoms with Crippen molar-refractivity contribution in [2.24, 2.45) is 0 Å². The third-order valence-corrected chi connectivity index (χ3v) is 10.2. The minimum Gasteiger partial charge on any atom is -0.364 e. The van der Waals surface area contributed by atoms with E-state index < -0.39 is 16.1 Å². The molecule has 0 aliphatic heterocycles. The molecule has 0 bridgehead atoms. The Kier molecular flexibility index (Phi) is 18.4. The second-order valence-corrected chi connectivity index (χ2v) is 13.8. The van der Waals surface area contributed by atoms with Crippen LogP contribution in [0.2, 0.25) is 0 Å². The van der Waals surface area contributed by atoms with Gasteiger partial charge in [0, 0.05) is 10.6 Å². The van der Waals surface area contributed by atoms with Gasteiger partial charge in [0.15, 0.2) is 0 Å². The van der Waals surface area contributed by atoms with Gasteiger partial charge in [-0.05, 0) is 13.8 Å². The summed E-state index contributed by atoms with van der Waals surface area (Å²) in [6.07, 6.45) is 16.0. The molecule has 0 amide bonds. The Balaban J connectivity index is 0.000000212. The molecule has 41 heavy (non-hydrogen) atoms. The number of hydrogen-bond donors (Lipinski definition) is 1. The Hall–Kier alpha value is -1.59. The monoisotopic (exact) mass is 615 g/mol. The summed E-state index contributed by atoms with van der Waals surface area (Å²) in [6.45, 7) is 8.53. The zero-order valence-electron chi connectivity index (χ0n) is 24.8. The van der Waals surface area contributed by atoms with E-state index in [-0.39, 0.29) is 21.7 Å². The summed E-state index contributed by atoms with van der Waals surface area (Å²) in [5.74, 6) is 0. The predicted molar refractivity (Wildman–Crippen MR) is 181 cm³/mol. The SMILES string of the molecule is OP(c1ccccc1)c1ccccc1.[CH-]1CCCC1.[CH-]1CCCC1.[CH2-]P(c1ccc(C)cc1)c1ccc(C)cc1.[Ti+3]. The average Bonchev–Trinajstić information content (AvgIpc) is 3.79. The van der Waals surface area contributed by atoms with E-state index >= 15 is 0 Å². The van der Waals surface area contributed by atoms with Gasteiger partial charge in [0.1, 0.15) is 0 Å². The molecule has 0 spiro atoms. The van der Waals surface area contributed by atoms with Crippen molar-refractivity contribution in [1.82, 2.24) is 0 Å². The summed E-state index contributed by atoms with van der Waals surface area (Å²) in [7, 11) is -1.62. The Morgan fingerprint density at radius 2 is 0.829 bits per heavy atom. The molecular formula is C37H45OP2Ti. The first-order valence-corrected chi connectivity index (χ1v) is 17.3. The van der Waals surface area contributed by atoms with E-state index in [1.165, 1.54) is 73.1 Å². The largest absolute Gasteiger partial charge is 3.00 e. The Bertz CT molecular complexity index is 1060. The van der Waals surface area contributed by atoms with Crippen molar-refractivity contribution in [2.45, 2.75) is 65.2 Å². The molecule has 4 aromatic rings. The topological polar surface area (TPSA) is 20.2 Å². The average molecular weight is 616 g/mol. The normalized spacial score (nSPS) is 13.6. The molecule has 213 valence electrons. The molecule has 6 rings (SSSR count). The molecule has 4 heteroatoms. The Morgan fingerprint density at radius 3 is 1.10 bits per heavy atom. The van der Waals surface area contributed by atoms with Crippen molar-refractivity contribution in [2.75, 3.05) is 0 Å². The third-order valence-electron chi connectivity index (χ3n) is 6.83. The van der Waals surface area contributed by atoms with Crippen molar-refractivity contribution in [3.63, 3.8) is 0 Å². The second-order valence-electron chi connectivity index (χ2n) is 10.2. The molecule has 0 heterocycles. The Labute approximate surface area is 267 Å². The minimum absolute atomic E-state index is 0. The van der Waals surface area contributed by atoms with Gasteiger partial charge >= 0.3 is 21.7 Å². The first-order valence-electron chi connectivity index (χ1n) is 14.5. The van der Waals surface area contributed by atoms with Gasteiger partial charge in [0.2, 0.25) is 0 Å². The molecule has 1 radical (unpaired) electrons. The van der Waals surface area contributed by atoms with Crippen molar-refractivity contribution in [1.29, 1.82) is 0 Å². The zero-order valence-corrected chi connectivity index (χ0v) is 28.1. The second kappa shape index (κ2) is 21.2. The standard InChI is InChI=1S/C15H16P.C12H11OP.2C5H9.Ti/c1-12-4-8-14(9-5-12)16(3)15-10-6-13(2)7-11-15;13-14(11-7-3-1-4-8-11)12-9-5-2-6-10-12;2*1-2-4-5-3-1;/h4-11H,3H2,1-2H3;1-10,13H;2*1H,2-5H2;/q-1;;2*-1;+3. The zero-order chi connectivity index (χ0) is 28.4. The van der Waals surface area contributed by atoms with Crippen molar-refractivity contribution < 1.29 is 26.6 Å². The molecule has 4 aromatic carbocycles. The van der Waals surface area contributed by atoms with Gasteiger partial charge in [-0.2, -0.15) is 25.7 Å². The fourth-order valence-electron chi connectivity index (χ4n) is 4.33. The number of hydrogen-bond acceptors (Lipinski definition) is 1. The minimum atomic E-state index is -1.17.